The van der Waals surface area contributed by atoms with E-state index in [1.165, 1.54) is 0 Å². The summed E-state index contributed by atoms with van der Waals surface area (Å²) in [5.74, 6) is 0.391. The van der Waals surface area contributed by atoms with Gasteiger partial charge >= 0.3 is 0 Å². The Hall–Kier alpha value is -3.71. The minimum atomic E-state index is -0.837. The Labute approximate surface area is 205 Å². The molecule has 3 aromatic rings. The van der Waals surface area contributed by atoms with Gasteiger partial charge in [-0.15, -0.1) is 0 Å². The van der Waals surface area contributed by atoms with Gasteiger partial charge in [0.25, 0.3) is 5.56 Å². The van der Waals surface area contributed by atoms with Crippen LogP contribution in [0.25, 0.3) is 0 Å². The molecule has 1 aromatic heterocycles. The van der Waals surface area contributed by atoms with Crippen molar-refractivity contribution < 1.29 is 14.3 Å². The van der Waals surface area contributed by atoms with Gasteiger partial charge in [-0.05, 0) is 74.6 Å². The third kappa shape index (κ3) is 6.05. The molecule has 7 heteroatoms. The number of rotatable bonds is 9. The first-order chi connectivity index (χ1) is 16.5. The molecule has 3 N–H and O–H groups in total. The number of amides is 1. The minimum absolute atomic E-state index is 0.0807. The van der Waals surface area contributed by atoms with Crippen LogP contribution in [0.5, 0.6) is 5.75 Å². The van der Waals surface area contributed by atoms with Crippen molar-refractivity contribution in [2.75, 3.05) is 12.4 Å². The van der Waals surface area contributed by atoms with E-state index in [1.54, 1.807) is 37.8 Å². The van der Waals surface area contributed by atoms with Crippen molar-refractivity contribution in [1.82, 2.24) is 4.57 Å². The van der Waals surface area contributed by atoms with Gasteiger partial charge in [-0.1, -0.05) is 36.4 Å². The number of ether oxygens (including phenoxy) is 1. The second-order valence-corrected chi connectivity index (χ2v) is 9.33. The minimum Gasteiger partial charge on any atom is -0.497 e. The number of pyridine rings is 1. The highest BCUT2D eigenvalue weighted by Crippen LogP contribution is 2.24. The Kier molecular flexibility index (Phi) is 7.92. The fraction of sp³-hybridized carbons (Fsp3) is 0.321. The van der Waals surface area contributed by atoms with E-state index in [1.807, 2.05) is 62.4 Å². The monoisotopic (exact) mass is 475 g/mol. The number of ketones is 1. The first-order valence-corrected chi connectivity index (χ1v) is 11.5. The van der Waals surface area contributed by atoms with Gasteiger partial charge in [0.15, 0.2) is 0 Å². The van der Waals surface area contributed by atoms with E-state index in [-0.39, 0.29) is 17.0 Å². The summed E-state index contributed by atoms with van der Waals surface area (Å²) in [4.78, 5) is 37.8. The molecule has 7 nitrogen and oxygen atoms in total. The molecule has 0 saturated heterocycles. The van der Waals surface area contributed by atoms with Crippen molar-refractivity contribution in [2.24, 2.45) is 5.73 Å². The summed E-state index contributed by atoms with van der Waals surface area (Å²) in [5.41, 5.74) is 8.90. The van der Waals surface area contributed by atoms with Crippen LogP contribution in [0.2, 0.25) is 0 Å². The molecule has 0 aliphatic rings. The fourth-order valence-electron chi connectivity index (χ4n) is 3.69. The van der Waals surface area contributed by atoms with E-state index >= 15 is 0 Å². The average Bonchev–Trinajstić information content (AvgIpc) is 2.84. The summed E-state index contributed by atoms with van der Waals surface area (Å²) >= 11 is 0. The van der Waals surface area contributed by atoms with Crippen molar-refractivity contribution in [1.29, 1.82) is 0 Å². The zero-order chi connectivity index (χ0) is 25.8. The number of anilines is 1. The maximum Gasteiger partial charge on any atom is 0.274 e. The Morgan fingerprint density at radius 1 is 1.03 bits per heavy atom. The molecule has 1 amide bonds. The molecule has 0 unspecified atom stereocenters. The van der Waals surface area contributed by atoms with Crippen LogP contribution < -0.4 is 21.3 Å². The fourth-order valence-corrected chi connectivity index (χ4v) is 3.69. The smallest absolute Gasteiger partial charge is 0.274 e. The molecule has 1 atom stereocenters. The highest BCUT2D eigenvalue weighted by molar-refractivity contribution is 5.95. The van der Waals surface area contributed by atoms with E-state index in [4.69, 9.17) is 10.5 Å². The topological polar surface area (TPSA) is 103 Å². The first kappa shape index (κ1) is 25.9. The highest BCUT2D eigenvalue weighted by Gasteiger charge is 2.26. The molecule has 35 heavy (non-hydrogen) atoms. The number of carbonyl (C=O) groups excluding carboxylic acids is 2. The van der Waals surface area contributed by atoms with Crippen LogP contribution in [0.15, 0.2) is 65.6 Å². The number of hydrogen-bond acceptors (Lipinski definition) is 5. The molecule has 0 fully saturated rings. The molecule has 0 aliphatic carbocycles. The van der Waals surface area contributed by atoms with Crippen molar-refractivity contribution in [2.45, 2.75) is 52.1 Å². The van der Waals surface area contributed by atoms with E-state index in [0.717, 1.165) is 22.4 Å². The highest BCUT2D eigenvalue weighted by atomic mass is 16.5. The van der Waals surface area contributed by atoms with Crippen LogP contribution in [0.4, 0.5) is 5.69 Å². The van der Waals surface area contributed by atoms with E-state index in [0.29, 0.717) is 18.5 Å². The second-order valence-electron chi connectivity index (χ2n) is 9.33. The zero-order valence-corrected chi connectivity index (χ0v) is 20.9. The predicted molar refractivity (Wildman–Crippen MR) is 138 cm³/mol. The molecular weight excluding hydrogens is 442 g/mol. The number of nitrogens with zero attached hydrogens (tertiary/aromatic N) is 1. The van der Waals surface area contributed by atoms with Gasteiger partial charge < -0.3 is 20.4 Å². The third-order valence-corrected chi connectivity index (χ3v) is 6.48. The van der Waals surface area contributed by atoms with E-state index in [9.17, 15) is 14.4 Å². The van der Waals surface area contributed by atoms with Gasteiger partial charge in [0.1, 0.15) is 17.2 Å². The van der Waals surface area contributed by atoms with Gasteiger partial charge in [0.05, 0.1) is 19.7 Å². The summed E-state index contributed by atoms with van der Waals surface area (Å²) in [5, 5.41) is 2.73. The number of aromatic nitrogens is 1. The molecule has 0 radical (unpaired) electrons. The van der Waals surface area contributed by atoms with Gasteiger partial charge in [-0.3, -0.25) is 14.4 Å². The largest absolute Gasteiger partial charge is 0.497 e. The number of hydrogen-bond donors (Lipinski definition) is 2. The molecule has 0 saturated carbocycles. The van der Waals surface area contributed by atoms with Crippen LogP contribution in [0.1, 0.15) is 43.0 Å². The van der Waals surface area contributed by atoms with Crippen molar-refractivity contribution in [3.8, 4) is 5.75 Å². The summed E-state index contributed by atoms with van der Waals surface area (Å²) in [6.07, 6.45) is 2.01. The molecule has 3 rings (SSSR count). The number of benzene rings is 2. The lowest BCUT2D eigenvalue weighted by Crippen LogP contribution is -2.39. The summed E-state index contributed by atoms with van der Waals surface area (Å²) in [7, 11) is 1.60. The Balaban J connectivity index is 1.71. The quantitative estimate of drug-likeness (QED) is 0.492. The standard InChI is InChI=1S/C28H33N3O4/c1-18-14-15-31(17-21-8-12-23(35-5)13-9-21)27(34)25(18)30-26(33)24(29)16-20-6-10-22(11-7-20)28(3,4)19(2)32/h6-15,24H,16-17,29H2,1-5H3,(H,30,33)/t24-/m0/s1. The van der Waals surface area contributed by atoms with Crippen molar-refractivity contribution in [3.05, 3.63) is 93.4 Å². The second kappa shape index (κ2) is 10.7. The zero-order valence-electron chi connectivity index (χ0n) is 20.9. The molecule has 2 aromatic carbocycles. The first-order valence-electron chi connectivity index (χ1n) is 11.5. The maximum atomic E-state index is 13.1. The molecule has 1 heterocycles. The summed E-state index contributed by atoms with van der Waals surface area (Å²) in [6, 6.07) is 15.9. The van der Waals surface area contributed by atoms with Crippen molar-refractivity contribution in [3.63, 3.8) is 0 Å². The lowest BCUT2D eigenvalue weighted by Gasteiger charge is -2.22. The maximum absolute atomic E-state index is 13.1. The normalized spacial score (nSPS) is 12.2. The molecule has 0 bridgehead atoms. The Morgan fingerprint density at radius 2 is 1.63 bits per heavy atom. The summed E-state index contributed by atoms with van der Waals surface area (Å²) < 4.78 is 6.72. The van der Waals surface area contributed by atoms with E-state index in [2.05, 4.69) is 5.32 Å². The number of Topliss-reactive ketones (excluding diaryl/α,β-unsaturated/α-hetero) is 1. The lowest BCUT2D eigenvalue weighted by molar-refractivity contribution is -0.121. The predicted octanol–water partition coefficient (Wildman–Crippen LogP) is 3.59. The summed E-state index contributed by atoms with van der Waals surface area (Å²) in [6.45, 7) is 7.47. The average molecular weight is 476 g/mol. The number of methoxy groups -OCH3 is 1. The van der Waals surface area contributed by atoms with Crippen molar-refractivity contribution >= 4 is 17.4 Å². The number of nitrogens with two attached hydrogens (primary N) is 1. The van der Waals surface area contributed by atoms with Crippen LogP contribution in [0.3, 0.4) is 0 Å². The number of carbonyl (C=O) groups is 2. The van der Waals surface area contributed by atoms with Gasteiger partial charge in [-0.2, -0.15) is 0 Å². The molecule has 0 spiro atoms. The van der Waals surface area contributed by atoms with Crippen LogP contribution in [-0.2, 0) is 28.0 Å². The molecule has 184 valence electrons. The van der Waals surface area contributed by atoms with Crippen LogP contribution >= 0.6 is 0 Å². The number of aryl methyl sites for hydroxylation is 1. The molecule has 0 aliphatic heterocycles. The van der Waals surface area contributed by atoms with Gasteiger partial charge in [0.2, 0.25) is 5.91 Å². The Bertz CT molecular complexity index is 1260. The van der Waals surface area contributed by atoms with Crippen LogP contribution in [0, 0.1) is 6.92 Å². The molecular formula is C28H33N3O4. The van der Waals surface area contributed by atoms with Gasteiger partial charge in [-0.25, -0.2) is 0 Å². The number of nitrogens with one attached hydrogen (secondary N) is 1. The van der Waals surface area contributed by atoms with E-state index < -0.39 is 17.4 Å². The Morgan fingerprint density at radius 3 is 2.20 bits per heavy atom. The third-order valence-electron chi connectivity index (χ3n) is 6.48. The SMILES string of the molecule is COc1ccc(Cn2ccc(C)c(NC(=O)[C@@H](N)Cc3ccc(C(C)(C)C(C)=O)cc3)c2=O)cc1. The lowest BCUT2D eigenvalue weighted by atomic mass is 9.81. The van der Waals surface area contributed by atoms with Crippen LogP contribution in [-0.4, -0.2) is 29.4 Å². The van der Waals surface area contributed by atoms with Gasteiger partial charge in [0, 0.05) is 11.6 Å².